The van der Waals surface area contributed by atoms with Crippen molar-refractivity contribution in [2.75, 3.05) is 13.1 Å². The van der Waals surface area contributed by atoms with Gasteiger partial charge in [0.05, 0.1) is 6.04 Å². The normalized spacial score (nSPS) is 18.3. The third-order valence-corrected chi connectivity index (χ3v) is 5.69. The average Bonchev–Trinajstić information content (AvgIpc) is 3.22. The predicted molar refractivity (Wildman–Crippen MR) is 128 cm³/mol. The summed E-state index contributed by atoms with van der Waals surface area (Å²) in [6.45, 7) is 7.99. The van der Waals surface area contributed by atoms with Crippen LogP contribution in [0.5, 0.6) is 0 Å². The van der Waals surface area contributed by atoms with Crippen molar-refractivity contribution >= 4 is 29.7 Å². The summed E-state index contributed by atoms with van der Waals surface area (Å²) in [5.41, 5.74) is 16.6. The highest BCUT2D eigenvalue weighted by atomic mass is 16.4. The van der Waals surface area contributed by atoms with Crippen molar-refractivity contribution in [1.82, 2.24) is 15.5 Å². The second-order valence-corrected chi connectivity index (χ2v) is 9.50. The van der Waals surface area contributed by atoms with Gasteiger partial charge < -0.3 is 37.8 Å². The number of rotatable bonds is 13. The molecule has 34 heavy (non-hydrogen) atoms. The molecule has 194 valence electrons. The molecule has 1 fully saturated rings. The summed E-state index contributed by atoms with van der Waals surface area (Å²) in [5.74, 6) is -2.74. The molecule has 3 amide bonds. The van der Waals surface area contributed by atoms with E-state index in [0.717, 1.165) is 0 Å². The van der Waals surface area contributed by atoms with Crippen molar-refractivity contribution in [3.63, 3.8) is 0 Å². The monoisotopic (exact) mass is 483 g/mol. The summed E-state index contributed by atoms with van der Waals surface area (Å²) < 4.78 is 0. The highest BCUT2D eigenvalue weighted by molar-refractivity contribution is 5.94. The first-order valence-electron chi connectivity index (χ1n) is 11.8. The summed E-state index contributed by atoms with van der Waals surface area (Å²) in [4.78, 5) is 55.6. The van der Waals surface area contributed by atoms with Crippen LogP contribution in [0.4, 0.5) is 0 Å². The summed E-state index contributed by atoms with van der Waals surface area (Å²) in [7, 11) is 0. The fourth-order valence-electron chi connectivity index (χ4n) is 3.90. The maximum Gasteiger partial charge on any atom is 0.326 e. The summed E-state index contributed by atoms with van der Waals surface area (Å²) >= 11 is 0. The summed E-state index contributed by atoms with van der Waals surface area (Å²) in [6.07, 6.45) is 2.25. The zero-order valence-electron chi connectivity index (χ0n) is 20.6. The Kier molecular flexibility index (Phi) is 11.8. The zero-order valence-corrected chi connectivity index (χ0v) is 20.6. The van der Waals surface area contributed by atoms with Crippen LogP contribution in [0.15, 0.2) is 4.99 Å². The second-order valence-electron chi connectivity index (χ2n) is 9.50. The van der Waals surface area contributed by atoms with E-state index in [2.05, 4.69) is 15.6 Å². The highest BCUT2D eigenvalue weighted by Gasteiger charge is 2.38. The van der Waals surface area contributed by atoms with E-state index in [1.807, 2.05) is 13.8 Å². The molecule has 12 nitrogen and oxygen atoms in total. The van der Waals surface area contributed by atoms with Gasteiger partial charge in [-0.3, -0.25) is 19.4 Å². The number of likely N-dealkylation sites (tertiary alicyclic amines) is 1. The van der Waals surface area contributed by atoms with Gasteiger partial charge in [0.15, 0.2) is 5.96 Å². The lowest BCUT2D eigenvalue weighted by Gasteiger charge is -2.30. The third kappa shape index (κ3) is 9.16. The Labute approximate surface area is 201 Å². The van der Waals surface area contributed by atoms with Crippen LogP contribution >= 0.6 is 0 Å². The molecule has 1 aliphatic heterocycles. The van der Waals surface area contributed by atoms with Gasteiger partial charge in [-0.15, -0.1) is 0 Å². The van der Waals surface area contributed by atoms with Crippen LogP contribution in [0.2, 0.25) is 0 Å². The van der Waals surface area contributed by atoms with Crippen molar-refractivity contribution in [3.8, 4) is 0 Å². The van der Waals surface area contributed by atoms with E-state index in [1.165, 1.54) is 4.90 Å². The molecule has 0 bridgehead atoms. The highest BCUT2D eigenvalue weighted by Crippen LogP contribution is 2.20. The minimum absolute atomic E-state index is 0.0289. The molecule has 1 rings (SSSR count). The van der Waals surface area contributed by atoms with Crippen LogP contribution in [0, 0.1) is 11.8 Å². The Morgan fingerprint density at radius 1 is 1.12 bits per heavy atom. The smallest absolute Gasteiger partial charge is 0.326 e. The molecule has 1 heterocycles. The Bertz CT molecular complexity index is 752. The molecule has 0 radical (unpaired) electrons. The van der Waals surface area contributed by atoms with Gasteiger partial charge in [0, 0.05) is 13.1 Å². The van der Waals surface area contributed by atoms with E-state index in [0.29, 0.717) is 38.8 Å². The Morgan fingerprint density at radius 3 is 2.29 bits per heavy atom. The SMILES string of the molecule is CC(C)CC(NC(=O)C(NC(=O)C1CCCN1C(=O)C(N)CCCN=C(N)N)C(C)C)C(=O)O. The van der Waals surface area contributed by atoms with Gasteiger partial charge in [-0.1, -0.05) is 27.7 Å². The van der Waals surface area contributed by atoms with Gasteiger partial charge >= 0.3 is 5.97 Å². The molecule has 0 aliphatic carbocycles. The summed E-state index contributed by atoms with van der Waals surface area (Å²) in [5, 5.41) is 14.7. The van der Waals surface area contributed by atoms with Crippen molar-refractivity contribution in [2.45, 2.75) is 84.0 Å². The summed E-state index contributed by atoms with van der Waals surface area (Å²) in [6, 6.07) is -3.52. The number of carbonyl (C=O) groups is 4. The number of carboxylic acid groups (broad SMARTS) is 1. The molecule has 0 aromatic carbocycles. The molecule has 4 unspecified atom stereocenters. The lowest BCUT2D eigenvalue weighted by atomic mass is 10.00. The van der Waals surface area contributed by atoms with Crippen molar-refractivity contribution in [3.05, 3.63) is 0 Å². The quantitative estimate of drug-likeness (QED) is 0.110. The number of aliphatic imine (C=N–C) groups is 1. The molecule has 12 heteroatoms. The first-order chi connectivity index (χ1) is 15.8. The number of hydrogen-bond donors (Lipinski definition) is 6. The Morgan fingerprint density at radius 2 is 1.76 bits per heavy atom. The van der Waals surface area contributed by atoms with Crippen LogP contribution in [0.25, 0.3) is 0 Å². The number of carbonyl (C=O) groups excluding carboxylic acids is 3. The minimum atomic E-state index is -1.13. The molecule has 0 aromatic heterocycles. The first-order valence-corrected chi connectivity index (χ1v) is 11.8. The predicted octanol–water partition coefficient (Wildman–Crippen LogP) is -0.885. The molecule has 0 saturated carbocycles. The van der Waals surface area contributed by atoms with E-state index < -0.39 is 42.0 Å². The van der Waals surface area contributed by atoms with E-state index in [9.17, 15) is 24.3 Å². The van der Waals surface area contributed by atoms with Gasteiger partial charge in [0.1, 0.15) is 18.1 Å². The van der Waals surface area contributed by atoms with Crippen LogP contribution in [0.3, 0.4) is 0 Å². The van der Waals surface area contributed by atoms with E-state index in [4.69, 9.17) is 17.2 Å². The number of guanidine groups is 1. The van der Waals surface area contributed by atoms with Gasteiger partial charge in [-0.2, -0.15) is 0 Å². The molecular weight excluding hydrogens is 442 g/mol. The standard InChI is InChI=1S/C22H41N7O5/c1-12(2)11-15(21(33)34)27-19(31)17(13(3)4)28-18(30)16-8-6-10-29(16)20(32)14(23)7-5-9-26-22(24)25/h12-17H,5-11,23H2,1-4H3,(H,27,31)(H,28,30)(H,33,34)(H4,24,25,26). The zero-order chi connectivity index (χ0) is 26.0. The number of nitrogens with one attached hydrogen (secondary N) is 2. The van der Waals surface area contributed by atoms with E-state index in [1.54, 1.807) is 13.8 Å². The third-order valence-electron chi connectivity index (χ3n) is 5.69. The number of amides is 3. The second kappa shape index (κ2) is 13.7. The topological polar surface area (TPSA) is 206 Å². The lowest BCUT2D eigenvalue weighted by Crippen LogP contribution is -2.58. The fourth-order valence-corrected chi connectivity index (χ4v) is 3.90. The van der Waals surface area contributed by atoms with Gasteiger partial charge in [-0.25, -0.2) is 4.79 Å². The molecular formula is C22H41N7O5. The molecule has 0 aromatic rings. The lowest BCUT2D eigenvalue weighted by molar-refractivity contribution is -0.143. The maximum atomic E-state index is 13.0. The van der Waals surface area contributed by atoms with Gasteiger partial charge in [0.25, 0.3) is 0 Å². The fraction of sp³-hybridized carbons (Fsp3) is 0.773. The molecule has 0 spiro atoms. The molecule has 1 aliphatic rings. The van der Waals surface area contributed by atoms with Crippen molar-refractivity contribution in [1.29, 1.82) is 0 Å². The van der Waals surface area contributed by atoms with Crippen LogP contribution in [0.1, 0.15) is 59.8 Å². The largest absolute Gasteiger partial charge is 0.480 e. The van der Waals surface area contributed by atoms with Crippen LogP contribution < -0.4 is 27.8 Å². The van der Waals surface area contributed by atoms with E-state index >= 15 is 0 Å². The van der Waals surface area contributed by atoms with Crippen LogP contribution in [-0.2, 0) is 19.2 Å². The number of nitrogens with two attached hydrogens (primary N) is 3. The van der Waals surface area contributed by atoms with Gasteiger partial charge in [0.2, 0.25) is 17.7 Å². The molecule has 1 saturated heterocycles. The Balaban J connectivity index is 2.80. The van der Waals surface area contributed by atoms with Crippen molar-refractivity contribution < 1.29 is 24.3 Å². The number of nitrogens with zero attached hydrogens (tertiary/aromatic N) is 2. The van der Waals surface area contributed by atoms with Gasteiger partial charge in [-0.05, 0) is 43.9 Å². The minimum Gasteiger partial charge on any atom is -0.480 e. The number of hydrogen-bond acceptors (Lipinski definition) is 6. The van der Waals surface area contributed by atoms with Crippen LogP contribution in [-0.4, -0.2) is 76.9 Å². The number of carboxylic acids is 1. The van der Waals surface area contributed by atoms with E-state index in [-0.39, 0.29) is 30.1 Å². The molecule has 9 N–H and O–H groups in total. The average molecular weight is 484 g/mol. The first kappa shape index (κ1) is 29.1. The van der Waals surface area contributed by atoms with Crippen molar-refractivity contribution in [2.24, 2.45) is 34.0 Å². The number of aliphatic carboxylic acids is 1. The molecule has 4 atom stereocenters. The maximum absolute atomic E-state index is 13.0. The Hall–Kier alpha value is -2.89.